The Labute approximate surface area is 196 Å². The van der Waals surface area contributed by atoms with Gasteiger partial charge in [0.05, 0.1) is 35.0 Å². The highest BCUT2D eigenvalue weighted by Gasteiger charge is 2.16. The molecule has 0 saturated heterocycles. The minimum absolute atomic E-state index is 0. The first-order chi connectivity index (χ1) is 14.1. The SMILES string of the molecule is CCNC(=NCc1ccc(OC)c(OC)c1OC)N(C)Cc1ccc(OC)cc1.I. The Hall–Kier alpha value is -2.36. The van der Waals surface area contributed by atoms with E-state index in [1.807, 2.05) is 38.2 Å². The molecule has 0 aliphatic heterocycles. The Morgan fingerprint density at radius 1 is 0.900 bits per heavy atom. The summed E-state index contributed by atoms with van der Waals surface area (Å²) in [6.07, 6.45) is 0. The van der Waals surface area contributed by atoms with E-state index in [4.69, 9.17) is 23.9 Å². The van der Waals surface area contributed by atoms with Crippen LogP contribution in [0.1, 0.15) is 18.1 Å². The van der Waals surface area contributed by atoms with Crippen molar-refractivity contribution in [1.29, 1.82) is 0 Å². The molecular formula is C22H32IN3O4. The average molecular weight is 529 g/mol. The Morgan fingerprint density at radius 2 is 1.57 bits per heavy atom. The zero-order valence-electron chi connectivity index (χ0n) is 18.5. The van der Waals surface area contributed by atoms with Crippen molar-refractivity contribution >= 4 is 29.9 Å². The van der Waals surface area contributed by atoms with Gasteiger partial charge in [0.2, 0.25) is 5.75 Å². The van der Waals surface area contributed by atoms with Crippen LogP contribution in [0.15, 0.2) is 41.4 Å². The van der Waals surface area contributed by atoms with E-state index in [1.165, 1.54) is 5.56 Å². The maximum atomic E-state index is 5.56. The van der Waals surface area contributed by atoms with Gasteiger partial charge in [0.15, 0.2) is 17.5 Å². The number of guanidine groups is 1. The number of benzene rings is 2. The molecule has 0 aliphatic rings. The summed E-state index contributed by atoms with van der Waals surface area (Å²) in [5.74, 6) is 3.47. The fraction of sp³-hybridized carbons (Fsp3) is 0.409. The predicted octanol–water partition coefficient (Wildman–Crippen LogP) is 3.94. The van der Waals surface area contributed by atoms with Gasteiger partial charge in [0, 0.05) is 25.7 Å². The molecule has 30 heavy (non-hydrogen) atoms. The molecule has 2 aromatic rings. The van der Waals surface area contributed by atoms with Crippen molar-refractivity contribution in [2.45, 2.75) is 20.0 Å². The number of nitrogens with zero attached hydrogens (tertiary/aromatic N) is 2. The van der Waals surface area contributed by atoms with E-state index >= 15 is 0 Å². The van der Waals surface area contributed by atoms with Gasteiger partial charge in [-0.15, -0.1) is 24.0 Å². The first-order valence-corrected chi connectivity index (χ1v) is 9.48. The summed E-state index contributed by atoms with van der Waals surface area (Å²) in [4.78, 5) is 6.87. The lowest BCUT2D eigenvalue weighted by Gasteiger charge is -2.22. The average Bonchev–Trinajstić information content (AvgIpc) is 2.76. The van der Waals surface area contributed by atoms with Crippen molar-refractivity contribution in [1.82, 2.24) is 10.2 Å². The molecule has 0 spiro atoms. The van der Waals surface area contributed by atoms with E-state index in [0.29, 0.717) is 23.8 Å². The van der Waals surface area contributed by atoms with Crippen LogP contribution in [-0.2, 0) is 13.1 Å². The van der Waals surface area contributed by atoms with Gasteiger partial charge in [-0.2, -0.15) is 0 Å². The third-order valence-corrected chi connectivity index (χ3v) is 4.46. The molecule has 0 bridgehead atoms. The molecule has 0 fully saturated rings. The maximum absolute atomic E-state index is 5.56. The summed E-state index contributed by atoms with van der Waals surface area (Å²) >= 11 is 0. The Morgan fingerprint density at radius 3 is 2.10 bits per heavy atom. The fourth-order valence-corrected chi connectivity index (χ4v) is 3.00. The van der Waals surface area contributed by atoms with Gasteiger partial charge in [-0.3, -0.25) is 0 Å². The third kappa shape index (κ3) is 6.58. The Bertz CT molecular complexity index is 813. The van der Waals surface area contributed by atoms with E-state index in [9.17, 15) is 0 Å². The number of hydrogen-bond acceptors (Lipinski definition) is 5. The van der Waals surface area contributed by atoms with Crippen LogP contribution in [0.5, 0.6) is 23.0 Å². The van der Waals surface area contributed by atoms with Crippen LogP contribution in [-0.4, -0.2) is 52.9 Å². The van der Waals surface area contributed by atoms with E-state index in [2.05, 4.69) is 22.3 Å². The molecule has 0 aliphatic carbocycles. The van der Waals surface area contributed by atoms with Crippen molar-refractivity contribution < 1.29 is 18.9 Å². The summed E-state index contributed by atoms with van der Waals surface area (Å²) in [5, 5.41) is 3.34. The largest absolute Gasteiger partial charge is 0.497 e. The van der Waals surface area contributed by atoms with Gasteiger partial charge >= 0.3 is 0 Å². The van der Waals surface area contributed by atoms with E-state index < -0.39 is 0 Å². The highest BCUT2D eigenvalue weighted by molar-refractivity contribution is 14.0. The van der Waals surface area contributed by atoms with Gasteiger partial charge in [0.25, 0.3) is 0 Å². The number of aliphatic imine (C=N–C) groups is 1. The van der Waals surface area contributed by atoms with E-state index in [0.717, 1.165) is 30.4 Å². The molecular weight excluding hydrogens is 497 g/mol. The summed E-state index contributed by atoms with van der Waals surface area (Å²) < 4.78 is 21.6. The van der Waals surface area contributed by atoms with E-state index in [-0.39, 0.29) is 24.0 Å². The van der Waals surface area contributed by atoms with Crippen molar-refractivity contribution in [3.8, 4) is 23.0 Å². The van der Waals surface area contributed by atoms with Crippen LogP contribution in [0.4, 0.5) is 0 Å². The summed E-state index contributed by atoms with van der Waals surface area (Å²) in [7, 11) is 8.50. The normalized spacial score (nSPS) is 10.7. The highest BCUT2D eigenvalue weighted by atomic mass is 127. The summed E-state index contributed by atoms with van der Waals surface area (Å²) in [5.41, 5.74) is 2.08. The van der Waals surface area contributed by atoms with Gasteiger partial charge in [-0.25, -0.2) is 4.99 Å². The minimum Gasteiger partial charge on any atom is -0.497 e. The zero-order chi connectivity index (χ0) is 21.2. The lowest BCUT2D eigenvalue weighted by Crippen LogP contribution is -2.38. The third-order valence-electron chi connectivity index (χ3n) is 4.46. The molecule has 7 nitrogen and oxygen atoms in total. The molecule has 0 aromatic heterocycles. The molecule has 1 N–H and O–H groups in total. The molecule has 0 heterocycles. The van der Waals surface area contributed by atoms with Gasteiger partial charge < -0.3 is 29.2 Å². The van der Waals surface area contributed by atoms with Crippen molar-refractivity contribution in [3.05, 3.63) is 47.5 Å². The number of ether oxygens (including phenoxy) is 4. The van der Waals surface area contributed by atoms with E-state index in [1.54, 1.807) is 28.4 Å². The number of rotatable bonds is 9. The standard InChI is InChI=1S/C22H31N3O4.HI/c1-7-23-22(25(2)15-16-8-11-18(26-3)12-9-16)24-14-17-10-13-19(27-4)21(29-6)20(17)28-5;/h8-13H,7,14-15H2,1-6H3,(H,23,24);1H. The van der Waals surface area contributed by atoms with Crippen LogP contribution < -0.4 is 24.3 Å². The second kappa shape index (κ2) is 13.0. The smallest absolute Gasteiger partial charge is 0.203 e. The van der Waals surface area contributed by atoms with Gasteiger partial charge in [-0.1, -0.05) is 12.1 Å². The lowest BCUT2D eigenvalue weighted by molar-refractivity contribution is 0.322. The van der Waals surface area contributed by atoms with Crippen molar-refractivity contribution in [3.63, 3.8) is 0 Å². The van der Waals surface area contributed by atoms with Crippen LogP contribution in [0.25, 0.3) is 0 Å². The second-order valence-electron chi connectivity index (χ2n) is 6.37. The van der Waals surface area contributed by atoms with Crippen molar-refractivity contribution in [2.75, 3.05) is 42.0 Å². The number of halogens is 1. The maximum Gasteiger partial charge on any atom is 0.203 e. The Kier molecular flexibility index (Phi) is 11.2. The lowest BCUT2D eigenvalue weighted by atomic mass is 10.1. The number of methoxy groups -OCH3 is 4. The van der Waals surface area contributed by atoms with Crippen LogP contribution in [0.2, 0.25) is 0 Å². The minimum atomic E-state index is 0. The van der Waals surface area contributed by atoms with Crippen LogP contribution in [0.3, 0.4) is 0 Å². The second-order valence-corrected chi connectivity index (χ2v) is 6.37. The Balaban J connectivity index is 0.00000450. The quantitative estimate of drug-likeness (QED) is 0.302. The first kappa shape index (κ1) is 25.7. The summed E-state index contributed by atoms with van der Waals surface area (Å²) in [6, 6.07) is 11.8. The summed E-state index contributed by atoms with van der Waals surface area (Å²) in [6.45, 7) is 3.99. The van der Waals surface area contributed by atoms with Crippen LogP contribution in [0, 0.1) is 0 Å². The highest BCUT2D eigenvalue weighted by Crippen LogP contribution is 2.39. The number of hydrogen-bond donors (Lipinski definition) is 1. The monoisotopic (exact) mass is 529 g/mol. The molecule has 0 saturated carbocycles. The molecule has 8 heteroatoms. The predicted molar refractivity (Wildman–Crippen MR) is 131 cm³/mol. The molecule has 0 unspecified atom stereocenters. The van der Waals surface area contributed by atoms with Crippen molar-refractivity contribution in [2.24, 2.45) is 4.99 Å². The zero-order valence-corrected chi connectivity index (χ0v) is 20.9. The molecule has 0 radical (unpaired) electrons. The molecule has 2 aromatic carbocycles. The first-order valence-electron chi connectivity index (χ1n) is 9.48. The molecule has 166 valence electrons. The number of nitrogens with one attached hydrogen (secondary N) is 1. The molecule has 2 rings (SSSR count). The molecule has 0 amide bonds. The van der Waals surface area contributed by atoms with Crippen LogP contribution >= 0.6 is 24.0 Å². The van der Waals surface area contributed by atoms with Gasteiger partial charge in [-0.05, 0) is 36.8 Å². The van der Waals surface area contributed by atoms with Gasteiger partial charge in [0.1, 0.15) is 5.75 Å². The fourth-order valence-electron chi connectivity index (χ4n) is 3.00. The molecule has 0 atom stereocenters. The topological polar surface area (TPSA) is 64.6 Å².